The molecule has 0 bridgehead atoms. The fourth-order valence-corrected chi connectivity index (χ4v) is 4.26. The van der Waals surface area contributed by atoms with Crippen molar-refractivity contribution < 1.29 is 9.21 Å². The largest absolute Gasteiger partial charge is 0.472 e. The molecule has 0 N–H and O–H groups in total. The summed E-state index contributed by atoms with van der Waals surface area (Å²) in [5.41, 5.74) is 2.12. The number of carbonyl (C=O) groups is 1. The fraction of sp³-hybridized carbons (Fsp3) is 0.500. The van der Waals surface area contributed by atoms with E-state index in [1.165, 1.54) is 12.0 Å². The molecule has 0 radical (unpaired) electrons. The number of amides is 1. The Hall–Kier alpha value is -1.66. The Kier molecular flexibility index (Phi) is 3.31. The molecular weight excluding hydrogens is 298 g/mol. The van der Waals surface area contributed by atoms with Crippen LogP contribution in [0.15, 0.2) is 28.4 Å². The number of likely N-dealkylation sites (tertiary alicyclic amines) is 2. The Balaban J connectivity index is 1.33. The topological polar surface area (TPSA) is 49.6 Å². The van der Waals surface area contributed by atoms with E-state index in [1.807, 2.05) is 11.8 Å². The van der Waals surface area contributed by atoms with E-state index in [-0.39, 0.29) is 5.91 Å². The summed E-state index contributed by atoms with van der Waals surface area (Å²) in [6, 6.07) is 1.74. The van der Waals surface area contributed by atoms with Gasteiger partial charge in [-0.3, -0.25) is 9.69 Å². The molecule has 5 nitrogen and oxygen atoms in total. The number of rotatable bonds is 3. The average Bonchev–Trinajstić information content (AvgIpc) is 3.17. The first-order valence-electron chi connectivity index (χ1n) is 7.58. The summed E-state index contributed by atoms with van der Waals surface area (Å²) in [5, 5.41) is 3.27. The summed E-state index contributed by atoms with van der Waals surface area (Å²) in [6.45, 7) is 6.83. The van der Waals surface area contributed by atoms with Crippen LogP contribution in [0, 0.1) is 12.3 Å². The lowest BCUT2D eigenvalue weighted by atomic mass is 9.79. The highest BCUT2D eigenvalue weighted by Gasteiger charge is 2.48. The lowest BCUT2D eigenvalue weighted by molar-refractivity contribution is 0.00187. The zero-order valence-electron chi connectivity index (χ0n) is 12.6. The maximum Gasteiger partial charge on any atom is 0.257 e. The smallest absolute Gasteiger partial charge is 0.257 e. The van der Waals surface area contributed by atoms with Crippen molar-refractivity contribution in [2.75, 3.05) is 26.2 Å². The molecule has 0 saturated carbocycles. The molecule has 1 amide bonds. The van der Waals surface area contributed by atoms with Crippen LogP contribution in [0.4, 0.5) is 0 Å². The number of aryl methyl sites for hydroxylation is 1. The highest BCUT2D eigenvalue weighted by Crippen LogP contribution is 2.40. The van der Waals surface area contributed by atoms with E-state index in [1.54, 1.807) is 23.7 Å². The van der Waals surface area contributed by atoms with Gasteiger partial charge in [-0.05, 0) is 19.4 Å². The standard InChI is InChI=1S/C16H19N3O2S/c1-12-17-14(8-22-12)6-18-9-16(10-18)3-4-19(11-16)15(20)13-2-5-21-7-13/h2,5,7-8H,3-4,6,9-11H2,1H3. The van der Waals surface area contributed by atoms with Gasteiger partial charge < -0.3 is 9.32 Å². The van der Waals surface area contributed by atoms with Crippen LogP contribution in [-0.4, -0.2) is 46.9 Å². The minimum absolute atomic E-state index is 0.0965. The molecule has 2 saturated heterocycles. The molecule has 0 aromatic carbocycles. The van der Waals surface area contributed by atoms with Crippen LogP contribution in [0.1, 0.15) is 27.5 Å². The number of aromatic nitrogens is 1. The van der Waals surface area contributed by atoms with Crippen molar-refractivity contribution in [3.05, 3.63) is 40.2 Å². The molecule has 1 spiro atoms. The second-order valence-corrected chi connectivity index (χ2v) is 7.55. The average molecular weight is 317 g/mol. The predicted molar refractivity (Wildman–Crippen MR) is 83.8 cm³/mol. The molecule has 2 aliphatic rings. The van der Waals surface area contributed by atoms with E-state index in [0.717, 1.165) is 44.2 Å². The molecule has 4 rings (SSSR count). The first kappa shape index (κ1) is 14.0. The zero-order valence-corrected chi connectivity index (χ0v) is 13.4. The molecule has 2 aromatic heterocycles. The van der Waals surface area contributed by atoms with Gasteiger partial charge in [0.2, 0.25) is 0 Å². The fourth-order valence-electron chi connectivity index (χ4n) is 3.66. The van der Waals surface area contributed by atoms with Crippen LogP contribution in [0.2, 0.25) is 0 Å². The van der Waals surface area contributed by atoms with Gasteiger partial charge in [0.1, 0.15) is 6.26 Å². The Labute approximate surface area is 133 Å². The quantitative estimate of drug-likeness (QED) is 0.872. The minimum atomic E-state index is 0.0965. The molecule has 0 unspecified atom stereocenters. The summed E-state index contributed by atoms with van der Waals surface area (Å²) < 4.78 is 5.01. The van der Waals surface area contributed by atoms with Crippen molar-refractivity contribution in [3.8, 4) is 0 Å². The lowest BCUT2D eigenvalue weighted by Crippen LogP contribution is -2.57. The molecule has 2 aromatic rings. The van der Waals surface area contributed by atoms with Crippen LogP contribution in [0.5, 0.6) is 0 Å². The molecule has 0 atom stereocenters. The second-order valence-electron chi connectivity index (χ2n) is 6.49. The third-order valence-electron chi connectivity index (χ3n) is 4.66. The van der Waals surface area contributed by atoms with Crippen LogP contribution in [0.3, 0.4) is 0 Å². The van der Waals surface area contributed by atoms with Crippen molar-refractivity contribution in [2.24, 2.45) is 5.41 Å². The summed E-state index contributed by atoms with van der Waals surface area (Å²) in [4.78, 5) is 21.3. The number of carbonyl (C=O) groups excluding carboxylic acids is 1. The van der Waals surface area contributed by atoms with E-state index in [9.17, 15) is 4.79 Å². The maximum absolute atomic E-state index is 12.4. The van der Waals surface area contributed by atoms with E-state index in [4.69, 9.17) is 4.42 Å². The van der Waals surface area contributed by atoms with Crippen molar-refractivity contribution >= 4 is 17.2 Å². The number of thiazole rings is 1. The Morgan fingerprint density at radius 2 is 2.32 bits per heavy atom. The van der Waals surface area contributed by atoms with Gasteiger partial charge in [0, 0.05) is 43.5 Å². The van der Waals surface area contributed by atoms with Gasteiger partial charge in [-0.15, -0.1) is 11.3 Å². The number of nitrogens with zero attached hydrogens (tertiary/aromatic N) is 3. The predicted octanol–water partition coefficient (Wildman–Crippen LogP) is 2.39. The van der Waals surface area contributed by atoms with E-state index in [2.05, 4.69) is 15.3 Å². The minimum Gasteiger partial charge on any atom is -0.472 e. The third-order valence-corrected chi connectivity index (χ3v) is 5.49. The van der Waals surface area contributed by atoms with Crippen LogP contribution in [0.25, 0.3) is 0 Å². The normalized spacial score (nSPS) is 20.5. The second kappa shape index (κ2) is 5.21. The molecular formula is C16H19N3O2S. The lowest BCUT2D eigenvalue weighted by Gasteiger charge is -2.47. The highest BCUT2D eigenvalue weighted by molar-refractivity contribution is 7.09. The molecule has 2 aliphatic heterocycles. The first-order valence-corrected chi connectivity index (χ1v) is 8.46. The summed E-state index contributed by atoms with van der Waals surface area (Å²) in [7, 11) is 0. The van der Waals surface area contributed by atoms with E-state index >= 15 is 0 Å². The monoisotopic (exact) mass is 317 g/mol. The van der Waals surface area contributed by atoms with Crippen molar-refractivity contribution in [2.45, 2.75) is 19.9 Å². The molecule has 22 heavy (non-hydrogen) atoms. The van der Waals surface area contributed by atoms with Crippen LogP contribution >= 0.6 is 11.3 Å². The number of furan rings is 1. The van der Waals surface area contributed by atoms with Gasteiger partial charge in [0.15, 0.2) is 0 Å². The van der Waals surface area contributed by atoms with Crippen LogP contribution < -0.4 is 0 Å². The SMILES string of the molecule is Cc1nc(CN2CC3(CCN(C(=O)c4ccoc4)C3)C2)cs1. The number of hydrogen-bond acceptors (Lipinski definition) is 5. The summed E-state index contributed by atoms with van der Waals surface area (Å²) in [6.07, 6.45) is 4.19. The van der Waals surface area contributed by atoms with Gasteiger partial charge in [-0.2, -0.15) is 0 Å². The Bertz CT molecular complexity index is 673. The van der Waals surface area contributed by atoms with Gasteiger partial charge in [-0.1, -0.05) is 0 Å². The molecule has 4 heterocycles. The van der Waals surface area contributed by atoms with Gasteiger partial charge in [0.25, 0.3) is 5.91 Å². The molecule has 0 aliphatic carbocycles. The Morgan fingerprint density at radius 1 is 1.45 bits per heavy atom. The summed E-state index contributed by atoms with van der Waals surface area (Å²) >= 11 is 1.71. The van der Waals surface area contributed by atoms with E-state index < -0.39 is 0 Å². The van der Waals surface area contributed by atoms with Crippen LogP contribution in [-0.2, 0) is 6.54 Å². The van der Waals surface area contributed by atoms with Gasteiger partial charge >= 0.3 is 0 Å². The first-order chi connectivity index (χ1) is 10.6. The maximum atomic E-state index is 12.4. The van der Waals surface area contributed by atoms with E-state index in [0.29, 0.717) is 11.0 Å². The zero-order chi connectivity index (χ0) is 15.2. The molecule has 2 fully saturated rings. The highest BCUT2D eigenvalue weighted by atomic mass is 32.1. The van der Waals surface area contributed by atoms with Crippen molar-refractivity contribution in [1.82, 2.24) is 14.8 Å². The third kappa shape index (κ3) is 2.46. The number of hydrogen-bond donors (Lipinski definition) is 0. The molecule has 116 valence electrons. The van der Waals surface area contributed by atoms with Crippen molar-refractivity contribution in [3.63, 3.8) is 0 Å². The Morgan fingerprint density at radius 3 is 3.00 bits per heavy atom. The van der Waals surface area contributed by atoms with Gasteiger partial charge in [-0.25, -0.2) is 4.98 Å². The molecule has 6 heteroatoms. The summed E-state index contributed by atoms with van der Waals surface area (Å²) in [5.74, 6) is 0.0965. The van der Waals surface area contributed by atoms with Gasteiger partial charge in [0.05, 0.1) is 22.5 Å². The van der Waals surface area contributed by atoms with Crippen molar-refractivity contribution in [1.29, 1.82) is 0 Å².